The number of carbonyl (C=O) groups excluding carboxylic acids is 1. The molecular weight excluding hydrogens is 296 g/mol. The Labute approximate surface area is 138 Å². The molecule has 23 heavy (non-hydrogen) atoms. The summed E-state index contributed by atoms with van der Waals surface area (Å²) < 4.78 is 16.3. The van der Waals surface area contributed by atoms with Gasteiger partial charge in [0, 0.05) is 18.3 Å². The maximum atomic E-state index is 11.8. The van der Waals surface area contributed by atoms with Crippen LogP contribution < -0.4 is 15.4 Å². The number of carbonyl (C=O) groups is 1. The molecule has 0 fully saturated rings. The smallest absolute Gasteiger partial charge is 0.226 e. The molecule has 0 aromatic heterocycles. The first-order valence-electron chi connectivity index (χ1n) is 7.98. The molecule has 0 saturated carbocycles. The van der Waals surface area contributed by atoms with Crippen LogP contribution in [0.3, 0.4) is 0 Å². The summed E-state index contributed by atoms with van der Waals surface area (Å²) in [6, 6.07) is 7.37. The zero-order valence-corrected chi connectivity index (χ0v) is 14.3. The van der Waals surface area contributed by atoms with Gasteiger partial charge in [-0.2, -0.15) is 0 Å². The van der Waals surface area contributed by atoms with Gasteiger partial charge in [-0.05, 0) is 33.0 Å². The third-order valence-corrected chi connectivity index (χ3v) is 2.83. The molecule has 2 N–H and O–H groups in total. The summed E-state index contributed by atoms with van der Waals surface area (Å²) in [5.74, 6) is 0.663. The van der Waals surface area contributed by atoms with Crippen molar-refractivity contribution in [3.8, 4) is 5.75 Å². The molecule has 1 aromatic carbocycles. The van der Waals surface area contributed by atoms with E-state index in [1.54, 1.807) is 0 Å². The molecule has 0 unspecified atom stereocenters. The summed E-state index contributed by atoms with van der Waals surface area (Å²) in [6.07, 6.45) is 0.413. The molecule has 0 radical (unpaired) electrons. The molecule has 1 amide bonds. The predicted molar refractivity (Wildman–Crippen MR) is 91.0 cm³/mol. The van der Waals surface area contributed by atoms with E-state index in [9.17, 15) is 4.79 Å². The number of anilines is 1. The number of benzene rings is 1. The van der Waals surface area contributed by atoms with Crippen LogP contribution in [0, 0.1) is 0 Å². The zero-order valence-electron chi connectivity index (χ0n) is 14.3. The Morgan fingerprint density at radius 3 is 2.57 bits per heavy atom. The summed E-state index contributed by atoms with van der Waals surface area (Å²) in [7, 11) is 1.88. The van der Waals surface area contributed by atoms with Crippen molar-refractivity contribution >= 4 is 11.6 Å². The monoisotopic (exact) mass is 324 g/mol. The van der Waals surface area contributed by atoms with E-state index in [1.807, 2.05) is 45.2 Å². The van der Waals surface area contributed by atoms with Crippen molar-refractivity contribution in [2.45, 2.75) is 26.4 Å². The van der Waals surface area contributed by atoms with Crippen molar-refractivity contribution in [2.75, 3.05) is 45.3 Å². The lowest BCUT2D eigenvalue weighted by Gasteiger charge is -2.11. The van der Waals surface area contributed by atoms with Gasteiger partial charge in [0.15, 0.2) is 0 Å². The molecule has 130 valence electrons. The van der Waals surface area contributed by atoms with Crippen LogP contribution in [0.4, 0.5) is 5.69 Å². The van der Waals surface area contributed by atoms with Crippen LogP contribution >= 0.6 is 0 Å². The van der Waals surface area contributed by atoms with Crippen LogP contribution in [0.5, 0.6) is 5.75 Å². The average molecular weight is 324 g/mol. The van der Waals surface area contributed by atoms with E-state index >= 15 is 0 Å². The number of nitrogens with one attached hydrogen (secondary N) is 2. The molecule has 0 aliphatic heterocycles. The second kappa shape index (κ2) is 11.9. The molecule has 1 rings (SSSR count). The summed E-state index contributed by atoms with van der Waals surface area (Å²) in [5.41, 5.74) is 0.726. The van der Waals surface area contributed by atoms with Crippen molar-refractivity contribution in [2.24, 2.45) is 0 Å². The first kappa shape index (κ1) is 19.4. The minimum absolute atomic E-state index is 0.0807. The van der Waals surface area contributed by atoms with E-state index < -0.39 is 0 Å². The Morgan fingerprint density at radius 1 is 1.13 bits per heavy atom. The van der Waals surface area contributed by atoms with Gasteiger partial charge in [0.25, 0.3) is 0 Å². The Kier molecular flexibility index (Phi) is 10.0. The maximum Gasteiger partial charge on any atom is 0.226 e. The van der Waals surface area contributed by atoms with Crippen LogP contribution in [0.2, 0.25) is 0 Å². The normalized spacial score (nSPS) is 10.8. The molecule has 0 spiro atoms. The number of likely N-dealkylation sites (N-methyl/N-ethyl adjacent to an activating group) is 1. The highest BCUT2D eigenvalue weighted by molar-refractivity contribution is 5.90. The largest absolute Gasteiger partial charge is 0.491 e. The van der Waals surface area contributed by atoms with E-state index in [1.165, 1.54) is 0 Å². The molecule has 0 saturated heterocycles. The molecule has 0 heterocycles. The van der Waals surface area contributed by atoms with Crippen LogP contribution in [0.15, 0.2) is 24.3 Å². The van der Waals surface area contributed by atoms with Gasteiger partial charge in [0.2, 0.25) is 5.91 Å². The van der Waals surface area contributed by atoms with Crippen molar-refractivity contribution in [3.63, 3.8) is 0 Å². The molecule has 6 heteroatoms. The zero-order chi connectivity index (χ0) is 16.9. The lowest BCUT2D eigenvalue weighted by Crippen LogP contribution is -2.17. The lowest BCUT2D eigenvalue weighted by atomic mass is 10.3. The fourth-order valence-corrected chi connectivity index (χ4v) is 1.80. The Hall–Kier alpha value is -1.63. The van der Waals surface area contributed by atoms with Gasteiger partial charge in [-0.25, -0.2) is 0 Å². The summed E-state index contributed by atoms with van der Waals surface area (Å²) >= 11 is 0. The molecule has 1 aromatic rings. The molecular formula is C17H28N2O4. The van der Waals surface area contributed by atoms with Crippen LogP contribution in [-0.4, -0.2) is 52.0 Å². The van der Waals surface area contributed by atoms with Gasteiger partial charge in [0.05, 0.1) is 39.0 Å². The van der Waals surface area contributed by atoms with Gasteiger partial charge in [0.1, 0.15) is 5.75 Å². The number of hydrogen-bond acceptors (Lipinski definition) is 5. The minimum atomic E-state index is -0.0807. The van der Waals surface area contributed by atoms with Gasteiger partial charge < -0.3 is 24.8 Å². The molecule has 0 bridgehead atoms. The van der Waals surface area contributed by atoms with Crippen LogP contribution in [0.1, 0.15) is 20.3 Å². The molecule has 0 aliphatic rings. The first-order chi connectivity index (χ1) is 11.1. The lowest BCUT2D eigenvalue weighted by molar-refractivity contribution is -0.117. The first-order valence-corrected chi connectivity index (χ1v) is 7.98. The second-order valence-electron chi connectivity index (χ2n) is 5.32. The van der Waals surface area contributed by atoms with E-state index in [4.69, 9.17) is 14.2 Å². The number of rotatable bonds is 12. The van der Waals surface area contributed by atoms with E-state index in [0.717, 1.165) is 18.0 Å². The van der Waals surface area contributed by atoms with Gasteiger partial charge in [-0.15, -0.1) is 0 Å². The van der Waals surface area contributed by atoms with Crippen molar-refractivity contribution in [3.05, 3.63) is 24.3 Å². The van der Waals surface area contributed by atoms with E-state index in [0.29, 0.717) is 32.8 Å². The van der Waals surface area contributed by atoms with Crippen molar-refractivity contribution in [1.82, 2.24) is 5.32 Å². The highest BCUT2D eigenvalue weighted by Gasteiger charge is 2.04. The average Bonchev–Trinajstić information content (AvgIpc) is 2.49. The Balaban J connectivity index is 2.16. The standard InChI is InChI=1S/C17H28N2O4/c1-14(2)23-16-6-4-5-15(13-16)19-17(20)7-9-21-11-12-22-10-8-18-3/h4-6,13-14,18H,7-12H2,1-3H3,(H,19,20). The molecule has 0 aliphatic carbocycles. The Bertz CT molecular complexity index is 452. The predicted octanol–water partition coefficient (Wildman–Crippen LogP) is 2.05. The summed E-state index contributed by atoms with van der Waals surface area (Å²) in [6.45, 7) is 6.82. The van der Waals surface area contributed by atoms with E-state index in [-0.39, 0.29) is 12.0 Å². The highest BCUT2D eigenvalue weighted by atomic mass is 16.5. The summed E-state index contributed by atoms with van der Waals surface area (Å²) in [5, 5.41) is 5.83. The minimum Gasteiger partial charge on any atom is -0.491 e. The molecule has 0 atom stereocenters. The third-order valence-electron chi connectivity index (χ3n) is 2.83. The van der Waals surface area contributed by atoms with E-state index in [2.05, 4.69) is 10.6 Å². The van der Waals surface area contributed by atoms with Gasteiger partial charge in [-0.3, -0.25) is 4.79 Å². The Morgan fingerprint density at radius 2 is 1.87 bits per heavy atom. The maximum absolute atomic E-state index is 11.8. The van der Waals surface area contributed by atoms with Crippen molar-refractivity contribution < 1.29 is 19.0 Å². The second-order valence-corrected chi connectivity index (χ2v) is 5.32. The number of hydrogen-bond donors (Lipinski definition) is 2. The van der Waals surface area contributed by atoms with Crippen molar-refractivity contribution in [1.29, 1.82) is 0 Å². The van der Waals surface area contributed by atoms with Gasteiger partial charge >= 0.3 is 0 Å². The quantitative estimate of drug-likeness (QED) is 0.576. The molecule has 6 nitrogen and oxygen atoms in total. The van der Waals surface area contributed by atoms with Gasteiger partial charge in [-0.1, -0.05) is 6.07 Å². The third kappa shape index (κ3) is 9.89. The van der Waals surface area contributed by atoms with Crippen LogP contribution in [0.25, 0.3) is 0 Å². The summed E-state index contributed by atoms with van der Waals surface area (Å²) in [4.78, 5) is 11.8. The fourth-order valence-electron chi connectivity index (χ4n) is 1.80. The fraction of sp³-hybridized carbons (Fsp3) is 0.588. The SMILES string of the molecule is CNCCOCCOCCC(=O)Nc1cccc(OC(C)C)c1. The number of ether oxygens (including phenoxy) is 3. The topological polar surface area (TPSA) is 68.8 Å². The van der Waals surface area contributed by atoms with Crippen LogP contribution in [-0.2, 0) is 14.3 Å². The highest BCUT2D eigenvalue weighted by Crippen LogP contribution is 2.18. The number of amides is 1.